The van der Waals surface area contributed by atoms with Gasteiger partial charge in [-0.1, -0.05) is 13.8 Å². The van der Waals surface area contributed by atoms with E-state index in [1.54, 1.807) is 11.3 Å². The molecular weight excluding hydrogens is 228 g/mol. The van der Waals surface area contributed by atoms with E-state index in [9.17, 15) is 0 Å². The summed E-state index contributed by atoms with van der Waals surface area (Å²) in [6, 6.07) is 0. The quantitative estimate of drug-likeness (QED) is 0.780. The molecule has 0 radical (unpaired) electrons. The molecule has 1 aromatic heterocycles. The summed E-state index contributed by atoms with van der Waals surface area (Å²) in [7, 11) is 0. The zero-order valence-electron chi connectivity index (χ0n) is 9.59. The van der Waals surface area contributed by atoms with Gasteiger partial charge in [0.15, 0.2) is 0 Å². The number of halogens is 1. The highest BCUT2D eigenvalue weighted by Gasteiger charge is 2.07. The average Bonchev–Trinajstić information content (AvgIpc) is 2.50. The van der Waals surface area contributed by atoms with Crippen LogP contribution in [0.2, 0.25) is 0 Å². The van der Waals surface area contributed by atoms with E-state index in [1.165, 1.54) is 0 Å². The number of hydrogen-bond acceptors (Lipinski definition) is 3. The Bertz CT molecular complexity index is 286. The molecule has 15 heavy (non-hydrogen) atoms. The predicted octanol–water partition coefficient (Wildman–Crippen LogP) is 3.19. The third-order valence-corrected chi connectivity index (χ3v) is 3.33. The summed E-state index contributed by atoms with van der Waals surface area (Å²) in [6.07, 6.45) is 1.06. The van der Waals surface area contributed by atoms with Crippen LogP contribution in [0, 0.1) is 12.8 Å². The molecular formula is C11H19ClN2S. The first-order chi connectivity index (χ1) is 7.08. The number of hydrogen-bond donors (Lipinski definition) is 1. The van der Waals surface area contributed by atoms with Crippen LogP contribution in [0.15, 0.2) is 5.38 Å². The molecule has 4 heteroatoms. The largest absolute Gasteiger partial charge is 0.309 e. The molecule has 1 N–H and O–H groups in total. The van der Waals surface area contributed by atoms with Crippen molar-refractivity contribution in [1.82, 2.24) is 10.3 Å². The topological polar surface area (TPSA) is 24.9 Å². The predicted molar refractivity (Wildman–Crippen MR) is 67.7 cm³/mol. The molecule has 0 aromatic carbocycles. The van der Waals surface area contributed by atoms with Crippen LogP contribution in [0.5, 0.6) is 0 Å². The lowest BCUT2D eigenvalue weighted by Crippen LogP contribution is -2.23. The fourth-order valence-electron chi connectivity index (χ4n) is 1.41. The molecule has 86 valence electrons. The zero-order valence-corrected chi connectivity index (χ0v) is 11.2. The van der Waals surface area contributed by atoms with Crippen LogP contribution in [-0.4, -0.2) is 16.9 Å². The molecule has 0 spiro atoms. The molecule has 0 bridgehead atoms. The summed E-state index contributed by atoms with van der Waals surface area (Å²) >= 11 is 7.87. The van der Waals surface area contributed by atoms with Crippen LogP contribution in [-0.2, 0) is 6.54 Å². The number of alkyl halides is 1. The van der Waals surface area contributed by atoms with Gasteiger partial charge in [-0.15, -0.1) is 22.9 Å². The molecule has 0 aliphatic carbocycles. The van der Waals surface area contributed by atoms with Crippen molar-refractivity contribution in [2.45, 2.75) is 39.1 Å². The average molecular weight is 247 g/mol. The van der Waals surface area contributed by atoms with Crippen molar-refractivity contribution in [3.05, 3.63) is 16.1 Å². The standard InChI is InChI=1S/C11H19ClN2S/c1-8(2)4-10(12)5-13-6-11-14-9(3)7-15-11/h7-8,10,13H,4-6H2,1-3H3. The molecule has 0 saturated carbocycles. The monoisotopic (exact) mass is 246 g/mol. The SMILES string of the molecule is Cc1csc(CNCC(Cl)CC(C)C)n1. The highest BCUT2D eigenvalue weighted by atomic mass is 35.5. The highest BCUT2D eigenvalue weighted by Crippen LogP contribution is 2.11. The molecule has 0 amide bonds. The second-order valence-electron chi connectivity index (χ2n) is 4.24. The minimum absolute atomic E-state index is 0.228. The van der Waals surface area contributed by atoms with E-state index < -0.39 is 0 Å². The Morgan fingerprint density at radius 2 is 2.27 bits per heavy atom. The third kappa shape index (κ3) is 5.50. The first-order valence-electron chi connectivity index (χ1n) is 5.33. The zero-order chi connectivity index (χ0) is 11.3. The Hall–Kier alpha value is -0.120. The van der Waals surface area contributed by atoms with E-state index >= 15 is 0 Å². The Balaban J connectivity index is 2.16. The van der Waals surface area contributed by atoms with E-state index in [2.05, 4.69) is 29.5 Å². The molecule has 0 aliphatic rings. The van der Waals surface area contributed by atoms with E-state index in [-0.39, 0.29) is 5.38 Å². The molecule has 0 fully saturated rings. The van der Waals surface area contributed by atoms with E-state index in [1.807, 2.05) is 6.92 Å². The van der Waals surface area contributed by atoms with E-state index in [4.69, 9.17) is 11.6 Å². The number of rotatable bonds is 6. The number of aromatic nitrogens is 1. The smallest absolute Gasteiger partial charge is 0.107 e. The number of thiazole rings is 1. The van der Waals surface area contributed by atoms with Gasteiger partial charge in [0.25, 0.3) is 0 Å². The Morgan fingerprint density at radius 3 is 2.80 bits per heavy atom. The van der Waals surface area contributed by atoms with Crippen LogP contribution in [0.25, 0.3) is 0 Å². The van der Waals surface area contributed by atoms with Crippen molar-refractivity contribution in [1.29, 1.82) is 0 Å². The van der Waals surface area contributed by atoms with Crippen molar-refractivity contribution < 1.29 is 0 Å². The van der Waals surface area contributed by atoms with Crippen LogP contribution >= 0.6 is 22.9 Å². The summed E-state index contributed by atoms with van der Waals surface area (Å²) in [5, 5.41) is 6.78. The van der Waals surface area contributed by atoms with Crippen LogP contribution < -0.4 is 5.32 Å². The maximum atomic E-state index is 6.17. The minimum atomic E-state index is 0.228. The van der Waals surface area contributed by atoms with E-state index in [0.717, 1.165) is 30.2 Å². The van der Waals surface area contributed by atoms with Gasteiger partial charge in [0.1, 0.15) is 5.01 Å². The minimum Gasteiger partial charge on any atom is -0.309 e. The lowest BCUT2D eigenvalue weighted by Gasteiger charge is -2.12. The highest BCUT2D eigenvalue weighted by molar-refractivity contribution is 7.09. The summed E-state index contributed by atoms with van der Waals surface area (Å²) in [4.78, 5) is 4.38. The first kappa shape index (κ1) is 12.9. The van der Waals surface area contributed by atoms with Crippen LogP contribution in [0.4, 0.5) is 0 Å². The lowest BCUT2D eigenvalue weighted by atomic mass is 10.1. The van der Waals surface area contributed by atoms with Crippen molar-refractivity contribution in [3.63, 3.8) is 0 Å². The molecule has 1 atom stereocenters. The van der Waals surface area contributed by atoms with Gasteiger partial charge in [-0.3, -0.25) is 0 Å². The van der Waals surface area contributed by atoms with Gasteiger partial charge in [0, 0.05) is 29.5 Å². The second kappa shape index (κ2) is 6.46. The van der Waals surface area contributed by atoms with Gasteiger partial charge >= 0.3 is 0 Å². The summed E-state index contributed by atoms with van der Waals surface area (Å²) in [6.45, 7) is 8.10. The molecule has 0 aliphatic heterocycles. The van der Waals surface area contributed by atoms with Gasteiger partial charge in [0.05, 0.1) is 0 Å². The van der Waals surface area contributed by atoms with Crippen molar-refractivity contribution in [2.75, 3.05) is 6.54 Å². The summed E-state index contributed by atoms with van der Waals surface area (Å²) < 4.78 is 0. The van der Waals surface area contributed by atoms with Gasteiger partial charge in [-0.2, -0.15) is 0 Å². The fourth-order valence-corrected chi connectivity index (χ4v) is 2.62. The number of nitrogens with one attached hydrogen (secondary N) is 1. The Kier molecular flexibility index (Phi) is 5.58. The summed E-state index contributed by atoms with van der Waals surface area (Å²) in [5.41, 5.74) is 1.10. The first-order valence-corrected chi connectivity index (χ1v) is 6.65. The van der Waals surface area contributed by atoms with Crippen LogP contribution in [0.1, 0.15) is 31.0 Å². The van der Waals surface area contributed by atoms with Gasteiger partial charge in [-0.05, 0) is 19.3 Å². The lowest BCUT2D eigenvalue weighted by molar-refractivity contribution is 0.533. The van der Waals surface area contributed by atoms with Gasteiger partial charge in [0.2, 0.25) is 0 Å². The summed E-state index contributed by atoms with van der Waals surface area (Å²) in [5.74, 6) is 0.663. The van der Waals surface area contributed by atoms with Crippen LogP contribution in [0.3, 0.4) is 0 Å². The Labute approximate surface area is 101 Å². The maximum Gasteiger partial charge on any atom is 0.107 e. The maximum absolute atomic E-state index is 6.17. The molecule has 2 nitrogen and oxygen atoms in total. The van der Waals surface area contributed by atoms with Crippen molar-refractivity contribution in [2.24, 2.45) is 5.92 Å². The number of aryl methyl sites for hydroxylation is 1. The Morgan fingerprint density at radius 1 is 1.53 bits per heavy atom. The van der Waals surface area contributed by atoms with Crippen molar-refractivity contribution in [3.8, 4) is 0 Å². The molecule has 1 aromatic rings. The van der Waals surface area contributed by atoms with E-state index in [0.29, 0.717) is 5.92 Å². The third-order valence-electron chi connectivity index (χ3n) is 2.04. The fraction of sp³-hybridized carbons (Fsp3) is 0.727. The number of nitrogens with zero attached hydrogens (tertiary/aromatic N) is 1. The van der Waals surface area contributed by atoms with Gasteiger partial charge in [-0.25, -0.2) is 4.98 Å². The molecule has 0 saturated heterocycles. The van der Waals surface area contributed by atoms with Crippen molar-refractivity contribution >= 4 is 22.9 Å². The van der Waals surface area contributed by atoms with Gasteiger partial charge < -0.3 is 5.32 Å². The second-order valence-corrected chi connectivity index (χ2v) is 5.80. The molecule has 1 unspecified atom stereocenters. The molecule has 1 heterocycles. The molecule has 1 rings (SSSR count). The normalized spacial score (nSPS) is 13.4.